The summed E-state index contributed by atoms with van der Waals surface area (Å²) in [5, 5.41) is 0. The molecule has 5 rings (SSSR count). The Kier molecular flexibility index (Phi) is 4.98. The average molecular weight is 423 g/mol. The topological polar surface area (TPSA) is 76.2 Å². The lowest BCUT2D eigenvalue weighted by molar-refractivity contribution is -0.229. The predicted octanol–water partition coefficient (Wildman–Crippen LogP) is 4.34. The molecule has 1 aromatic carbocycles. The van der Waals surface area contributed by atoms with Crippen molar-refractivity contribution in [3.63, 3.8) is 0 Å². The summed E-state index contributed by atoms with van der Waals surface area (Å²) >= 11 is 0. The number of aromatic nitrogens is 4. The molecule has 1 saturated carbocycles. The molecular weight excluding hydrogens is 397 g/mol. The number of rotatable bonds is 5. The first-order valence-electron chi connectivity index (χ1n) is 10.5. The fourth-order valence-corrected chi connectivity index (χ4v) is 3.64. The van der Waals surface area contributed by atoms with Gasteiger partial charge in [0.05, 0.1) is 30.3 Å². The molecule has 1 aliphatic carbocycles. The van der Waals surface area contributed by atoms with Crippen LogP contribution in [0.5, 0.6) is 0 Å². The standard InChI is InChI=1S/C23H26FN5O2/c1-23(2)12-30-21(31-13-23)20-27-18(14-4-6-15(24)7-5-14)19(28-20)17-10-11-25-22(26-17)29(3)16-8-9-16/h4-7,10-11,16,21H,8-9,12-13H2,1-3H3,(H,27,28). The third-order valence-electron chi connectivity index (χ3n) is 5.62. The van der Waals surface area contributed by atoms with E-state index in [2.05, 4.69) is 28.7 Å². The molecule has 2 fully saturated rings. The summed E-state index contributed by atoms with van der Waals surface area (Å²) in [5.41, 5.74) is 2.86. The van der Waals surface area contributed by atoms with E-state index in [1.807, 2.05) is 13.1 Å². The van der Waals surface area contributed by atoms with E-state index in [1.54, 1.807) is 18.3 Å². The van der Waals surface area contributed by atoms with Crippen LogP contribution in [0, 0.1) is 11.2 Å². The molecule has 1 aliphatic heterocycles. The number of nitrogens with one attached hydrogen (secondary N) is 1. The third-order valence-corrected chi connectivity index (χ3v) is 5.62. The highest BCUT2D eigenvalue weighted by atomic mass is 19.1. The van der Waals surface area contributed by atoms with Gasteiger partial charge in [0.1, 0.15) is 5.82 Å². The van der Waals surface area contributed by atoms with E-state index in [0.29, 0.717) is 42.4 Å². The van der Waals surface area contributed by atoms with E-state index in [9.17, 15) is 4.39 Å². The Hall–Kier alpha value is -2.84. The number of benzene rings is 1. The van der Waals surface area contributed by atoms with Crippen LogP contribution in [-0.2, 0) is 9.47 Å². The van der Waals surface area contributed by atoms with Gasteiger partial charge < -0.3 is 19.4 Å². The Balaban J connectivity index is 1.54. The normalized spacial score (nSPS) is 18.8. The Labute approximate surface area is 180 Å². The van der Waals surface area contributed by atoms with Gasteiger partial charge in [-0.15, -0.1) is 0 Å². The first-order valence-corrected chi connectivity index (χ1v) is 10.5. The van der Waals surface area contributed by atoms with Gasteiger partial charge in [0.15, 0.2) is 5.82 Å². The van der Waals surface area contributed by atoms with Crippen molar-refractivity contribution in [2.45, 2.75) is 39.0 Å². The number of ether oxygens (including phenoxy) is 2. The number of nitrogens with zero attached hydrogens (tertiary/aromatic N) is 4. The number of aromatic amines is 1. The average Bonchev–Trinajstić information content (AvgIpc) is 3.52. The molecule has 8 heteroatoms. The quantitative estimate of drug-likeness (QED) is 0.658. The molecule has 2 aliphatic rings. The molecule has 0 amide bonds. The maximum atomic E-state index is 13.5. The second kappa shape index (κ2) is 7.69. The molecule has 3 aromatic rings. The number of halogens is 1. The number of hydrogen-bond acceptors (Lipinski definition) is 6. The number of H-pyrrole nitrogens is 1. The van der Waals surface area contributed by atoms with E-state index < -0.39 is 6.29 Å². The molecular formula is C23H26FN5O2. The summed E-state index contributed by atoms with van der Waals surface area (Å²) < 4.78 is 25.4. The molecule has 3 heterocycles. The number of anilines is 1. The largest absolute Gasteiger partial charge is 0.345 e. The monoisotopic (exact) mass is 423 g/mol. The summed E-state index contributed by atoms with van der Waals surface area (Å²) in [6, 6.07) is 8.62. The first kappa shape index (κ1) is 20.1. The predicted molar refractivity (Wildman–Crippen MR) is 115 cm³/mol. The van der Waals surface area contributed by atoms with Crippen molar-refractivity contribution in [2.24, 2.45) is 5.41 Å². The summed E-state index contributed by atoms with van der Waals surface area (Å²) in [6.07, 6.45) is 3.48. The van der Waals surface area contributed by atoms with Crippen LogP contribution in [0.1, 0.15) is 38.8 Å². The number of imidazole rings is 1. The Morgan fingerprint density at radius 2 is 1.77 bits per heavy atom. The molecule has 1 N–H and O–H groups in total. The van der Waals surface area contributed by atoms with Gasteiger partial charge in [-0.2, -0.15) is 0 Å². The highest BCUT2D eigenvalue weighted by molar-refractivity contribution is 5.77. The van der Waals surface area contributed by atoms with Crippen LogP contribution in [0.25, 0.3) is 22.6 Å². The summed E-state index contributed by atoms with van der Waals surface area (Å²) in [4.78, 5) is 19.4. The van der Waals surface area contributed by atoms with E-state index in [4.69, 9.17) is 19.4 Å². The maximum absolute atomic E-state index is 13.5. The van der Waals surface area contributed by atoms with Gasteiger partial charge in [-0.3, -0.25) is 0 Å². The van der Waals surface area contributed by atoms with E-state index in [-0.39, 0.29) is 11.2 Å². The van der Waals surface area contributed by atoms with Gasteiger partial charge in [-0.05, 0) is 43.2 Å². The number of hydrogen-bond donors (Lipinski definition) is 1. The Morgan fingerprint density at radius 3 is 2.45 bits per heavy atom. The molecule has 0 bridgehead atoms. The van der Waals surface area contributed by atoms with E-state index in [1.165, 1.54) is 12.1 Å². The minimum Gasteiger partial charge on any atom is -0.345 e. The molecule has 0 unspecified atom stereocenters. The molecule has 1 saturated heterocycles. The highest BCUT2D eigenvalue weighted by Crippen LogP contribution is 2.36. The van der Waals surface area contributed by atoms with Gasteiger partial charge in [-0.25, -0.2) is 19.3 Å². The van der Waals surface area contributed by atoms with Crippen LogP contribution in [0.4, 0.5) is 10.3 Å². The Morgan fingerprint density at radius 1 is 1.06 bits per heavy atom. The van der Waals surface area contributed by atoms with E-state index in [0.717, 1.165) is 24.1 Å². The zero-order chi connectivity index (χ0) is 21.6. The van der Waals surface area contributed by atoms with Gasteiger partial charge in [0, 0.05) is 30.3 Å². The minimum atomic E-state index is -0.587. The molecule has 0 radical (unpaired) electrons. The fraction of sp³-hybridized carbons (Fsp3) is 0.435. The lowest BCUT2D eigenvalue weighted by Gasteiger charge is -2.33. The molecule has 0 atom stereocenters. The summed E-state index contributed by atoms with van der Waals surface area (Å²) in [5.74, 6) is 0.950. The molecule has 31 heavy (non-hydrogen) atoms. The van der Waals surface area contributed by atoms with Crippen molar-refractivity contribution in [1.82, 2.24) is 19.9 Å². The van der Waals surface area contributed by atoms with Crippen molar-refractivity contribution in [1.29, 1.82) is 0 Å². The smallest absolute Gasteiger partial charge is 0.225 e. The zero-order valence-electron chi connectivity index (χ0n) is 17.9. The minimum absolute atomic E-state index is 0.0410. The van der Waals surface area contributed by atoms with Crippen molar-refractivity contribution in [3.05, 3.63) is 48.2 Å². The fourth-order valence-electron chi connectivity index (χ4n) is 3.64. The lowest BCUT2D eigenvalue weighted by atomic mass is 9.96. The van der Waals surface area contributed by atoms with Crippen LogP contribution in [0.15, 0.2) is 36.5 Å². The Bertz CT molecular complexity index is 1070. The van der Waals surface area contributed by atoms with Crippen molar-refractivity contribution in [2.75, 3.05) is 25.2 Å². The van der Waals surface area contributed by atoms with Crippen LogP contribution in [0.3, 0.4) is 0 Å². The van der Waals surface area contributed by atoms with Gasteiger partial charge in [0.25, 0.3) is 0 Å². The summed E-state index contributed by atoms with van der Waals surface area (Å²) in [7, 11) is 2.02. The first-order chi connectivity index (χ1) is 14.9. The van der Waals surface area contributed by atoms with Gasteiger partial charge >= 0.3 is 0 Å². The SMILES string of the molecule is CN(c1nccc(-c2[nH]c(C3OCC(C)(C)CO3)nc2-c2ccc(F)cc2)n1)C1CC1. The van der Waals surface area contributed by atoms with Crippen molar-refractivity contribution >= 4 is 5.95 Å². The lowest BCUT2D eigenvalue weighted by Crippen LogP contribution is -2.34. The second-order valence-corrected chi connectivity index (χ2v) is 9.05. The maximum Gasteiger partial charge on any atom is 0.225 e. The summed E-state index contributed by atoms with van der Waals surface area (Å²) in [6.45, 7) is 5.34. The van der Waals surface area contributed by atoms with E-state index >= 15 is 0 Å². The highest BCUT2D eigenvalue weighted by Gasteiger charge is 2.32. The zero-order valence-corrected chi connectivity index (χ0v) is 17.9. The second-order valence-electron chi connectivity index (χ2n) is 9.05. The molecule has 162 valence electrons. The molecule has 7 nitrogen and oxygen atoms in total. The molecule has 2 aromatic heterocycles. The van der Waals surface area contributed by atoms with Gasteiger partial charge in [-0.1, -0.05) is 13.8 Å². The third kappa shape index (κ3) is 4.18. The van der Waals surface area contributed by atoms with Crippen molar-refractivity contribution < 1.29 is 13.9 Å². The van der Waals surface area contributed by atoms with Crippen LogP contribution in [0.2, 0.25) is 0 Å². The van der Waals surface area contributed by atoms with Gasteiger partial charge in [0.2, 0.25) is 12.2 Å². The van der Waals surface area contributed by atoms with Crippen molar-refractivity contribution in [3.8, 4) is 22.6 Å². The van der Waals surface area contributed by atoms with Crippen LogP contribution >= 0.6 is 0 Å². The van der Waals surface area contributed by atoms with Crippen LogP contribution < -0.4 is 4.90 Å². The molecule has 0 spiro atoms. The van der Waals surface area contributed by atoms with Crippen LogP contribution in [-0.4, -0.2) is 46.2 Å².